The topological polar surface area (TPSA) is 71.1 Å². The number of hydrogen-bond donors (Lipinski definition) is 0. The molecule has 8 heteroatoms. The molecule has 0 unspecified atom stereocenters. The summed E-state index contributed by atoms with van der Waals surface area (Å²) in [5.74, 6) is 0. The van der Waals surface area contributed by atoms with Crippen molar-refractivity contribution in [3.63, 3.8) is 0 Å². The van der Waals surface area contributed by atoms with Crippen molar-refractivity contribution in [3.8, 4) is 0 Å². The van der Waals surface area contributed by atoms with Crippen molar-refractivity contribution in [1.29, 1.82) is 0 Å². The molecule has 30 heavy (non-hydrogen) atoms. The van der Waals surface area contributed by atoms with Gasteiger partial charge in [-0.15, -0.1) is 0 Å². The van der Waals surface area contributed by atoms with E-state index in [0.717, 1.165) is 51.4 Å². The van der Waals surface area contributed by atoms with E-state index in [-0.39, 0.29) is 24.4 Å². The Morgan fingerprint density at radius 1 is 0.433 bits per heavy atom. The second kappa shape index (κ2) is 16.0. The summed E-state index contributed by atoms with van der Waals surface area (Å²) in [6, 6.07) is 0. The molecule has 0 saturated heterocycles. The summed E-state index contributed by atoms with van der Waals surface area (Å²) < 4.78 is 47.9. The average molecular weight is 471 g/mol. The van der Waals surface area contributed by atoms with Gasteiger partial charge in [-0.05, 0) is 68.2 Å². The van der Waals surface area contributed by atoms with Gasteiger partial charge in [0.05, 0.1) is 36.7 Å². The van der Waals surface area contributed by atoms with E-state index in [2.05, 4.69) is 0 Å². The molecule has 0 heterocycles. The molecular formula is C22H48O6P2. The van der Waals surface area contributed by atoms with E-state index in [0.29, 0.717) is 12.3 Å². The second-order valence-electron chi connectivity index (χ2n) is 9.11. The molecule has 0 fully saturated rings. The Hall–Kier alpha value is 0.300. The minimum atomic E-state index is -2.99. The van der Waals surface area contributed by atoms with Crippen molar-refractivity contribution in [2.24, 2.45) is 0 Å². The Bertz CT molecular complexity index is 446. The summed E-state index contributed by atoms with van der Waals surface area (Å²) >= 11 is 0. The van der Waals surface area contributed by atoms with E-state index in [1.165, 1.54) is 0 Å². The van der Waals surface area contributed by atoms with Gasteiger partial charge in [0.1, 0.15) is 0 Å². The zero-order valence-corrected chi connectivity index (χ0v) is 22.5. The molecule has 0 N–H and O–H groups in total. The summed E-state index contributed by atoms with van der Waals surface area (Å²) in [6.45, 7) is 15.1. The molecule has 0 radical (unpaired) electrons. The van der Waals surface area contributed by atoms with Crippen LogP contribution < -0.4 is 0 Å². The molecule has 0 saturated carbocycles. The van der Waals surface area contributed by atoms with Gasteiger partial charge < -0.3 is 18.1 Å². The molecule has 0 aromatic heterocycles. The van der Waals surface area contributed by atoms with E-state index in [9.17, 15) is 9.13 Å². The first-order valence-corrected chi connectivity index (χ1v) is 15.2. The van der Waals surface area contributed by atoms with Crippen LogP contribution in [0.3, 0.4) is 0 Å². The lowest BCUT2D eigenvalue weighted by Gasteiger charge is -2.22. The number of hydrogen-bond acceptors (Lipinski definition) is 6. The Morgan fingerprint density at radius 2 is 0.633 bits per heavy atom. The molecule has 0 atom stereocenters. The smallest absolute Gasteiger partial charge is 0.306 e. The Morgan fingerprint density at radius 3 is 0.833 bits per heavy atom. The molecule has 182 valence electrons. The fourth-order valence-electron chi connectivity index (χ4n) is 3.22. The summed E-state index contributed by atoms with van der Waals surface area (Å²) in [4.78, 5) is 0. The maximum absolute atomic E-state index is 12.8. The summed E-state index contributed by atoms with van der Waals surface area (Å²) in [5, 5.41) is 0. The average Bonchev–Trinajstić information content (AvgIpc) is 2.53. The van der Waals surface area contributed by atoms with Crippen LogP contribution in [0.15, 0.2) is 0 Å². The highest BCUT2D eigenvalue weighted by Crippen LogP contribution is 2.52. The summed E-state index contributed by atoms with van der Waals surface area (Å²) in [7, 11) is -5.98. The van der Waals surface area contributed by atoms with E-state index in [4.69, 9.17) is 18.1 Å². The lowest BCUT2D eigenvalue weighted by atomic mass is 10.1. The predicted octanol–water partition coefficient (Wildman–Crippen LogP) is 8.19. The minimum Gasteiger partial charge on any atom is -0.306 e. The van der Waals surface area contributed by atoms with E-state index >= 15 is 0 Å². The molecular weight excluding hydrogens is 422 g/mol. The SMILES string of the molecule is CC(C)OP(=O)(CCCCCCCCCCP(=O)(OC(C)C)OC(C)C)OC(C)C. The first-order valence-electron chi connectivity index (χ1n) is 11.8. The van der Waals surface area contributed by atoms with Crippen LogP contribution in [-0.2, 0) is 27.2 Å². The van der Waals surface area contributed by atoms with Crippen LogP contribution in [0, 0.1) is 0 Å². The zero-order chi connectivity index (χ0) is 23.2. The standard InChI is InChI=1S/C22H48O6P2/c1-19(2)25-29(23,26-20(3)4)17-15-13-11-9-10-12-14-16-18-30(24,27-21(5)6)28-22(7)8/h19-22H,9-18H2,1-8H3. The van der Waals surface area contributed by atoms with Gasteiger partial charge in [0, 0.05) is 0 Å². The van der Waals surface area contributed by atoms with Crippen LogP contribution in [0.25, 0.3) is 0 Å². The van der Waals surface area contributed by atoms with Gasteiger partial charge in [-0.25, -0.2) is 0 Å². The number of unbranched alkanes of at least 4 members (excludes halogenated alkanes) is 7. The third-order valence-electron chi connectivity index (χ3n) is 4.10. The normalized spacial score (nSPS) is 13.3. The van der Waals surface area contributed by atoms with Gasteiger partial charge in [-0.2, -0.15) is 0 Å². The van der Waals surface area contributed by atoms with Crippen molar-refractivity contribution >= 4 is 15.2 Å². The van der Waals surface area contributed by atoms with Crippen molar-refractivity contribution in [2.75, 3.05) is 12.3 Å². The largest absolute Gasteiger partial charge is 0.331 e. The molecule has 0 bridgehead atoms. The monoisotopic (exact) mass is 470 g/mol. The molecule has 0 aromatic rings. The molecule has 0 rings (SSSR count). The predicted molar refractivity (Wildman–Crippen MR) is 127 cm³/mol. The maximum atomic E-state index is 12.8. The van der Waals surface area contributed by atoms with Crippen LogP contribution in [-0.4, -0.2) is 36.7 Å². The maximum Gasteiger partial charge on any atom is 0.331 e. The van der Waals surface area contributed by atoms with Gasteiger partial charge in [-0.1, -0.05) is 38.5 Å². The molecule has 0 aliphatic carbocycles. The highest BCUT2D eigenvalue weighted by atomic mass is 31.2. The number of rotatable bonds is 19. The van der Waals surface area contributed by atoms with Gasteiger partial charge in [0.2, 0.25) is 0 Å². The molecule has 6 nitrogen and oxygen atoms in total. The van der Waals surface area contributed by atoms with E-state index in [1.54, 1.807) is 0 Å². The van der Waals surface area contributed by atoms with Gasteiger partial charge >= 0.3 is 15.2 Å². The van der Waals surface area contributed by atoms with Crippen LogP contribution in [0.5, 0.6) is 0 Å². The molecule has 0 aliphatic rings. The fraction of sp³-hybridized carbons (Fsp3) is 1.00. The third kappa shape index (κ3) is 16.9. The van der Waals surface area contributed by atoms with Crippen LogP contribution in [0.2, 0.25) is 0 Å². The Balaban J connectivity index is 3.96. The first-order chi connectivity index (χ1) is 13.9. The molecule has 0 spiro atoms. The zero-order valence-electron chi connectivity index (χ0n) is 20.7. The molecule has 0 aromatic carbocycles. The lowest BCUT2D eigenvalue weighted by molar-refractivity contribution is 0.141. The highest BCUT2D eigenvalue weighted by molar-refractivity contribution is 7.54. The highest BCUT2D eigenvalue weighted by Gasteiger charge is 2.27. The fourth-order valence-corrected chi connectivity index (χ4v) is 7.53. The van der Waals surface area contributed by atoms with Crippen molar-refractivity contribution < 1.29 is 27.2 Å². The van der Waals surface area contributed by atoms with Gasteiger partial charge in [-0.3, -0.25) is 9.13 Å². The van der Waals surface area contributed by atoms with Crippen molar-refractivity contribution in [3.05, 3.63) is 0 Å². The quantitative estimate of drug-likeness (QED) is 0.140. The van der Waals surface area contributed by atoms with Crippen LogP contribution >= 0.6 is 15.2 Å². The second-order valence-corrected chi connectivity index (χ2v) is 13.3. The van der Waals surface area contributed by atoms with Crippen LogP contribution in [0.4, 0.5) is 0 Å². The Labute approximate surface area is 186 Å². The summed E-state index contributed by atoms with van der Waals surface area (Å²) in [6.07, 6.45) is 8.94. The Kier molecular flexibility index (Phi) is 16.2. The van der Waals surface area contributed by atoms with E-state index < -0.39 is 15.2 Å². The first kappa shape index (κ1) is 30.3. The van der Waals surface area contributed by atoms with Crippen LogP contribution in [0.1, 0.15) is 107 Å². The lowest BCUT2D eigenvalue weighted by Crippen LogP contribution is -2.10. The van der Waals surface area contributed by atoms with E-state index in [1.807, 2.05) is 55.4 Å². The van der Waals surface area contributed by atoms with Gasteiger partial charge in [0.25, 0.3) is 0 Å². The minimum absolute atomic E-state index is 0.0956. The van der Waals surface area contributed by atoms with Crippen molar-refractivity contribution in [1.82, 2.24) is 0 Å². The van der Waals surface area contributed by atoms with Crippen molar-refractivity contribution in [2.45, 2.75) is 131 Å². The van der Waals surface area contributed by atoms with Gasteiger partial charge in [0.15, 0.2) is 0 Å². The summed E-state index contributed by atoms with van der Waals surface area (Å²) in [5.41, 5.74) is 0. The molecule has 0 amide bonds. The molecule has 0 aliphatic heterocycles. The third-order valence-corrected chi connectivity index (χ3v) is 8.80.